The molecule has 2 rings (SSSR count). The molecule has 2 heterocycles. The number of carboxylic acid groups (broad SMARTS) is 1. The van der Waals surface area contributed by atoms with Gasteiger partial charge in [-0.05, 0) is 24.8 Å². The molecule has 0 bridgehead atoms. The number of pyridine rings is 1. The Morgan fingerprint density at radius 1 is 1.53 bits per heavy atom. The monoisotopic (exact) mass is 277 g/mol. The number of hydrogen-bond donors (Lipinski definition) is 1. The first-order valence-electron chi connectivity index (χ1n) is 6.04. The van der Waals surface area contributed by atoms with Crippen LogP contribution in [0.5, 0.6) is 0 Å². The molecule has 0 aliphatic rings. The Labute approximate surface area is 115 Å². The summed E-state index contributed by atoms with van der Waals surface area (Å²) in [6.45, 7) is 3.87. The van der Waals surface area contributed by atoms with E-state index in [0.29, 0.717) is 0 Å². The molecule has 0 spiro atoms. The van der Waals surface area contributed by atoms with Crippen LogP contribution >= 0.6 is 11.3 Å². The minimum Gasteiger partial charge on any atom is -0.477 e. The van der Waals surface area contributed by atoms with Gasteiger partial charge in [0.05, 0.1) is 6.04 Å². The number of aryl methyl sites for hydroxylation is 1. The summed E-state index contributed by atoms with van der Waals surface area (Å²) in [4.78, 5) is 23.9. The summed E-state index contributed by atoms with van der Waals surface area (Å²) in [5.41, 5.74) is 0.151. The first kappa shape index (κ1) is 13.5. The fourth-order valence-corrected chi connectivity index (χ4v) is 3.07. The maximum Gasteiger partial charge on any atom is 0.341 e. The number of aromatic nitrogens is 1. The van der Waals surface area contributed by atoms with Gasteiger partial charge in [0, 0.05) is 22.8 Å². The molecule has 2 aromatic heterocycles. The van der Waals surface area contributed by atoms with Gasteiger partial charge in [0.25, 0.3) is 0 Å². The van der Waals surface area contributed by atoms with Gasteiger partial charge in [0.2, 0.25) is 0 Å². The number of thiophene rings is 1. The van der Waals surface area contributed by atoms with Crippen molar-refractivity contribution < 1.29 is 9.90 Å². The van der Waals surface area contributed by atoms with Gasteiger partial charge in [-0.1, -0.05) is 13.0 Å². The molecular weight excluding hydrogens is 262 g/mol. The van der Waals surface area contributed by atoms with Crippen molar-refractivity contribution in [3.8, 4) is 0 Å². The summed E-state index contributed by atoms with van der Waals surface area (Å²) in [7, 11) is 0. The van der Waals surface area contributed by atoms with Gasteiger partial charge in [-0.2, -0.15) is 0 Å². The summed E-state index contributed by atoms with van der Waals surface area (Å²) in [6, 6.07) is 5.45. The van der Waals surface area contributed by atoms with Gasteiger partial charge < -0.3 is 9.67 Å². The molecule has 1 atom stereocenters. The van der Waals surface area contributed by atoms with Crippen LogP contribution in [0.25, 0.3) is 0 Å². The van der Waals surface area contributed by atoms with E-state index >= 15 is 0 Å². The van der Waals surface area contributed by atoms with E-state index < -0.39 is 11.4 Å². The maximum absolute atomic E-state index is 11.6. The lowest BCUT2D eigenvalue weighted by atomic mass is 10.1. The third-order valence-electron chi connectivity index (χ3n) is 3.11. The van der Waals surface area contributed by atoms with Crippen molar-refractivity contribution in [2.24, 2.45) is 0 Å². The molecule has 2 aromatic rings. The van der Waals surface area contributed by atoms with Gasteiger partial charge in [-0.15, -0.1) is 11.3 Å². The second-order valence-corrected chi connectivity index (χ2v) is 5.32. The van der Waals surface area contributed by atoms with Crippen LogP contribution in [-0.2, 0) is 0 Å². The zero-order valence-corrected chi connectivity index (χ0v) is 11.6. The highest BCUT2D eigenvalue weighted by atomic mass is 32.1. The summed E-state index contributed by atoms with van der Waals surface area (Å²) >= 11 is 1.63. The number of nitrogens with zero attached hydrogens (tertiary/aromatic N) is 1. The molecule has 0 saturated heterocycles. The Kier molecular flexibility index (Phi) is 3.85. The fourth-order valence-electron chi connectivity index (χ4n) is 2.16. The Morgan fingerprint density at radius 3 is 2.79 bits per heavy atom. The Balaban J connectivity index is 2.58. The third-order valence-corrected chi connectivity index (χ3v) is 4.08. The van der Waals surface area contributed by atoms with Gasteiger partial charge in [-0.25, -0.2) is 4.79 Å². The van der Waals surface area contributed by atoms with Crippen molar-refractivity contribution in [1.29, 1.82) is 0 Å². The van der Waals surface area contributed by atoms with Crippen LogP contribution in [0.3, 0.4) is 0 Å². The lowest BCUT2D eigenvalue weighted by molar-refractivity contribution is 0.0694. The minimum atomic E-state index is -1.18. The Hall–Kier alpha value is -1.88. The lowest BCUT2D eigenvalue weighted by Gasteiger charge is -2.21. The largest absolute Gasteiger partial charge is 0.477 e. The molecule has 5 heteroatoms. The quantitative estimate of drug-likeness (QED) is 0.934. The van der Waals surface area contributed by atoms with Crippen LogP contribution in [0.2, 0.25) is 0 Å². The summed E-state index contributed by atoms with van der Waals surface area (Å²) in [6.07, 6.45) is 2.29. The van der Waals surface area contributed by atoms with E-state index in [1.54, 1.807) is 11.3 Å². The summed E-state index contributed by atoms with van der Waals surface area (Å²) in [5, 5.41) is 11.0. The molecule has 1 N–H and O–H groups in total. The zero-order valence-electron chi connectivity index (χ0n) is 10.8. The van der Waals surface area contributed by atoms with Crippen molar-refractivity contribution >= 4 is 17.3 Å². The molecule has 19 heavy (non-hydrogen) atoms. The smallest absolute Gasteiger partial charge is 0.341 e. The van der Waals surface area contributed by atoms with Gasteiger partial charge >= 0.3 is 5.97 Å². The lowest BCUT2D eigenvalue weighted by Crippen LogP contribution is -2.21. The van der Waals surface area contributed by atoms with Gasteiger partial charge in [0.1, 0.15) is 5.56 Å². The minimum absolute atomic E-state index is 0.0682. The van der Waals surface area contributed by atoms with Crippen LogP contribution in [-0.4, -0.2) is 15.6 Å². The van der Waals surface area contributed by atoms with Crippen molar-refractivity contribution in [3.63, 3.8) is 0 Å². The first-order valence-corrected chi connectivity index (χ1v) is 6.92. The highest BCUT2D eigenvalue weighted by Crippen LogP contribution is 2.27. The maximum atomic E-state index is 11.6. The van der Waals surface area contributed by atoms with Crippen LogP contribution < -0.4 is 5.43 Å². The predicted molar refractivity (Wildman–Crippen MR) is 75.1 cm³/mol. The molecule has 100 valence electrons. The van der Waals surface area contributed by atoms with E-state index in [4.69, 9.17) is 5.11 Å². The number of hydrogen-bond acceptors (Lipinski definition) is 3. The second-order valence-electron chi connectivity index (χ2n) is 4.34. The molecular formula is C14H15NO3S. The summed E-state index contributed by atoms with van der Waals surface area (Å²) < 4.78 is 1.87. The number of aromatic carboxylic acids is 1. The van der Waals surface area contributed by atoms with Crippen LogP contribution in [0, 0.1) is 6.92 Å². The number of carbonyl (C=O) groups is 1. The third kappa shape index (κ3) is 2.61. The van der Waals surface area contributed by atoms with Gasteiger partial charge in [-0.3, -0.25) is 4.79 Å². The van der Waals surface area contributed by atoms with E-state index in [1.165, 1.54) is 12.3 Å². The standard InChI is InChI=1S/C14H15NO3S/c1-3-11(13-5-4-6-19-13)15-8-10(14(17)18)12(16)7-9(15)2/h4-8,11H,3H2,1-2H3,(H,17,18). The molecule has 0 aliphatic carbocycles. The average molecular weight is 277 g/mol. The molecule has 0 amide bonds. The van der Waals surface area contributed by atoms with Crippen molar-refractivity contribution in [1.82, 2.24) is 4.57 Å². The normalized spacial score (nSPS) is 12.3. The molecule has 1 unspecified atom stereocenters. The van der Waals surface area contributed by atoms with Crippen LogP contribution in [0.4, 0.5) is 0 Å². The second kappa shape index (κ2) is 5.40. The van der Waals surface area contributed by atoms with Gasteiger partial charge in [0.15, 0.2) is 5.43 Å². The fraction of sp³-hybridized carbons (Fsp3) is 0.286. The van der Waals surface area contributed by atoms with E-state index in [1.807, 2.05) is 35.9 Å². The van der Waals surface area contributed by atoms with E-state index in [-0.39, 0.29) is 11.6 Å². The van der Waals surface area contributed by atoms with E-state index in [9.17, 15) is 9.59 Å². The Morgan fingerprint density at radius 2 is 2.26 bits per heavy atom. The molecule has 0 fully saturated rings. The molecule has 0 radical (unpaired) electrons. The molecule has 0 aromatic carbocycles. The first-order chi connectivity index (χ1) is 9.04. The van der Waals surface area contributed by atoms with Crippen molar-refractivity contribution in [2.45, 2.75) is 26.3 Å². The van der Waals surface area contributed by atoms with E-state index in [0.717, 1.165) is 17.0 Å². The Bertz CT molecular complexity index is 643. The van der Waals surface area contributed by atoms with E-state index in [2.05, 4.69) is 0 Å². The highest BCUT2D eigenvalue weighted by Gasteiger charge is 2.17. The summed E-state index contributed by atoms with van der Waals surface area (Å²) in [5.74, 6) is -1.18. The molecule has 0 aliphatic heterocycles. The van der Waals surface area contributed by atoms with Crippen molar-refractivity contribution in [2.75, 3.05) is 0 Å². The van der Waals surface area contributed by atoms with Crippen LogP contribution in [0.15, 0.2) is 34.6 Å². The average Bonchev–Trinajstić information content (AvgIpc) is 2.86. The molecule has 0 saturated carbocycles. The SMILES string of the molecule is CCC(c1cccs1)n1cc(C(=O)O)c(=O)cc1C. The highest BCUT2D eigenvalue weighted by molar-refractivity contribution is 7.10. The predicted octanol–water partition coefficient (Wildman–Crippen LogP) is 2.92. The van der Waals surface area contributed by atoms with Crippen molar-refractivity contribution in [3.05, 3.63) is 56.1 Å². The zero-order chi connectivity index (χ0) is 14.0. The number of rotatable bonds is 4. The number of carboxylic acids is 1. The molecule has 4 nitrogen and oxygen atoms in total. The van der Waals surface area contributed by atoms with Crippen LogP contribution in [0.1, 0.15) is 40.3 Å². The topological polar surface area (TPSA) is 59.3 Å².